The van der Waals surface area contributed by atoms with Crippen LogP contribution in [0, 0.1) is 10.1 Å². The van der Waals surface area contributed by atoms with E-state index in [1.54, 1.807) is 41.0 Å². The summed E-state index contributed by atoms with van der Waals surface area (Å²) in [5, 5.41) is 19.0. The summed E-state index contributed by atoms with van der Waals surface area (Å²) < 4.78 is 8.72. The fraction of sp³-hybridized carbons (Fsp3) is 0.350. The van der Waals surface area contributed by atoms with Crippen LogP contribution in [0.15, 0.2) is 43.0 Å². The molecule has 1 fully saturated rings. The van der Waals surface area contributed by atoms with E-state index in [1.165, 1.54) is 18.3 Å². The predicted molar refractivity (Wildman–Crippen MR) is 113 cm³/mol. The van der Waals surface area contributed by atoms with Gasteiger partial charge in [0.25, 0.3) is 5.69 Å². The summed E-state index contributed by atoms with van der Waals surface area (Å²) >= 11 is 0. The van der Waals surface area contributed by atoms with Crippen molar-refractivity contribution in [2.75, 3.05) is 38.2 Å². The van der Waals surface area contributed by atoms with Crippen LogP contribution in [0.1, 0.15) is 16.2 Å². The number of hydrogen-bond acceptors (Lipinski definition) is 8. The molecule has 0 bridgehead atoms. The highest BCUT2D eigenvalue weighted by Gasteiger charge is 2.21. The van der Waals surface area contributed by atoms with E-state index >= 15 is 0 Å². The van der Waals surface area contributed by atoms with Gasteiger partial charge < -0.3 is 14.6 Å². The molecule has 0 aliphatic carbocycles. The molecule has 11 heteroatoms. The van der Waals surface area contributed by atoms with Crippen LogP contribution in [-0.2, 0) is 18.3 Å². The molecule has 0 atom stereocenters. The molecule has 3 aromatic rings. The highest BCUT2D eigenvalue weighted by Crippen LogP contribution is 2.29. The number of carbonyl (C=O) groups is 1. The standard InChI is InChI=1S/C20H23N7O4/c1-24-5-4-21-20(24)19(28)15-2-3-17(18(12-15)27(29)30)23-16-13-22-26(14-16)7-6-25-8-10-31-11-9-25/h2-5,12-14,23H,6-11H2,1H3. The monoisotopic (exact) mass is 425 g/mol. The minimum atomic E-state index is -0.514. The molecule has 11 nitrogen and oxygen atoms in total. The second kappa shape index (κ2) is 9.06. The van der Waals surface area contributed by atoms with Crippen LogP contribution in [0.25, 0.3) is 0 Å². The summed E-state index contributed by atoms with van der Waals surface area (Å²) in [5.74, 6) is -0.158. The van der Waals surface area contributed by atoms with E-state index in [4.69, 9.17) is 4.74 Å². The van der Waals surface area contributed by atoms with Crippen molar-refractivity contribution in [2.45, 2.75) is 6.54 Å². The van der Waals surface area contributed by atoms with E-state index in [9.17, 15) is 14.9 Å². The molecule has 4 rings (SSSR count). The van der Waals surface area contributed by atoms with Crippen molar-refractivity contribution >= 4 is 22.8 Å². The maximum Gasteiger partial charge on any atom is 0.293 e. The molecule has 0 saturated carbocycles. The first-order valence-electron chi connectivity index (χ1n) is 9.91. The molecule has 31 heavy (non-hydrogen) atoms. The smallest absolute Gasteiger partial charge is 0.293 e. The zero-order valence-electron chi connectivity index (χ0n) is 17.1. The Kier molecular flexibility index (Phi) is 6.05. The maximum atomic E-state index is 12.6. The van der Waals surface area contributed by atoms with Gasteiger partial charge in [-0.05, 0) is 12.1 Å². The average molecular weight is 425 g/mol. The molecule has 1 aromatic carbocycles. The lowest BCUT2D eigenvalue weighted by atomic mass is 10.1. The summed E-state index contributed by atoms with van der Waals surface area (Å²) in [5.41, 5.74) is 0.927. The number of nitro benzene ring substituents is 1. The number of imidazole rings is 1. The lowest BCUT2D eigenvalue weighted by Crippen LogP contribution is -2.38. The minimum absolute atomic E-state index is 0.193. The van der Waals surface area contributed by atoms with Crippen LogP contribution in [0.3, 0.4) is 0 Å². The Hall–Kier alpha value is -3.57. The molecule has 0 spiro atoms. The van der Waals surface area contributed by atoms with E-state index < -0.39 is 4.92 Å². The third-order valence-electron chi connectivity index (χ3n) is 5.14. The number of hydrogen-bond donors (Lipinski definition) is 1. The van der Waals surface area contributed by atoms with Gasteiger partial charge in [0.15, 0.2) is 5.82 Å². The molecule has 1 N–H and O–H groups in total. The lowest BCUT2D eigenvalue weighted by Gasteiger charge is -2.26. The van der Waals surface area contributed by atoms with Gasteiger partial charge in [-0.1, -0.05) is 0 Å². The van der Waals surface area contributed by atoms with E-state index in [0.717, 1.165) is 32.8 Å². The fourth-order valence-corrected chi connectivity index (χ4v) is 3.42. The van der Waals surface area contributed by atoms with Crippen molar-refractivity contribution in [3.8, 4) is 0 Å². The highest BCUT2D eigenvalue weighted by molar-refractivity contribution is 6.07. The molecular weight excluding hydrogens is 402 g/mol. The Morgan fingerprint density at radius 1 is 1.29 bits per heavy atom. The number of carbonyl (C=O) groups excluding carboxylic acids is 1. The van der Waals surface area contributed by atoms with Gasteiger partial charge in [0.2, 0.25) is 5.78 Å². The molecule has 2 aromatic heterocycles. The number of nitrogens with one attached hydrogen (secondary N) is 1. The molecule has 0 amide bonds. The van der Waals surface area contributed by atoms with Gasteiger partial charge in [0.05, 0.1) is 36.6 Å². The number of anilines is 2. The van der Waals surface area contributed by atoms with E-state index in [0.29, 0.717) is 12.2 Å². The Balaban J connectivity index is 1.47. The Morgan fingerprint density at radius 3 is 2.81 bits per heavy atom. The first kappa shape index (κ1) is 20.7. The maximum absolute atomic E-state index is 12.6. The first-order chi connectivity index (χ1) is 15.0. The van der Waals surface area contributed by atoms with Crippen LogP contribution in [0.5, 0.6) is 0 Å². The predicted octanol–water partition coefficient (Wildman–Crippen LogP) is 1.83. The summed E-state index contributed by atoms with van der Waals surface area (Å²) in [7, 11) is 1.70. The Bertz CT molecular complexity index is 1080. The summed E-state index contributed by atoms with van der Waals surface area (Å²) in [6.07, 6.45) is 6.58. The minimum Gasteiger partial charge on any atom is -0.379 e. The van der Waals surface area contributed by atoms with Gasteiger partial charge in [-0.15, -0.1) is 0 Å². The number of ether oxygens (including phenoxy) is 1. The summed E-state index contributed by atoms with van der Waals surface area (Å²) in [4.78, 5) is 30.1. The van der Waals surface area contributed by atoms with Crippen LogP contribution >= 0.6 is 0 Å². The second-order valence-electron chi connectivity index (χ2n) is 7.25. The zero-order chi connectivity index (χ0) is 21.8. The molecule has 3 heterocycles. The van der Waals surface area contributed by atoms with E-state index in [-0.39, 0.29) is 28.5 Å². The number of ketones is 1. The molecule has 1 saturated heterocycles. The molecular formula is C20H23N7O4. The van der Waals surface area contributed by atoms with Gasteiger partial charge in [-0.2, -0.15) is 5.10 Å². The second-order valence-corrected chi connectivity index (χ2v) is 7.25. The van der Waals surface area contributed by atoms with Crippen LogP contribution < -0.4 is 5.32 Å². The molecule has 0 radical (unpaired) electrons. The topological polar surface area (TPSA) is 120 Å². The molecule has 1 aliphatic rings. The van der Waals surface area contributed by atoms with Gasteiger partial charge in [0, 0.05) is 56.9 Å². The van der Waals surface area contributed by atoms with Crippen LogP contribution in [-0.4, -0.2) is 67.8 Å². The third kappa shape index (κ3) is 4.78. The van der Waals surface area contributed by atoms with E-state index in [1.807, 2.05) is 0 Å². The molecule has 162 valence electrons. The number of rotatable bonds is 8. The van der Waals surface area contributed by atoms with Crippen molar-refractivity contribution < 1.29 is 14.5 Å². The number of aromatic nitrogens is 4. The fourth-order valence-electron chi connectivity index (χ4n) is 3.42. The largest absolute Gasteiger partial charge is 0.379 e. The van der Waals surface area contributed by atoms with E-state index in [2.05, 4.69) is 20.3 Å². The van der Waals surface area contributed by atoms with Crippen molar-refractivity contribution in [1.29, 1.82) is 0 Å². The quantitative estimate of drug-likeness (QED) is 0.330. The van der Waals surface area contributed by atoms with Gasteiger partial charge in [-0.3, -0.25) is 24.5 Å². The van der Waals surface area contributed by atoms with Gasteiger partial charge >= 0.3 is 0 Å². The van der Waals surface area contributed by atoms with Crippen molar-refractivity contribution in [1.82, 2.24) is 24.2 Å². The number of nitro groups is 1. The van der Waals surface area contributed by atoms with Gasteiger partial charge in [0.1, 0.15) is 5.69 Å². The Labute approximate surface area is 178 Å². The number of aryl methyl sites for hydroxylation is 1. The first-order valence-corrected chi connectivity index (χ1v) is 9.91. The SMILES string of the molecule is Cn1ccnc1C(=O)c1ccc(Nc2cnn(CCN3CCOCC3)c2)c([N+](=O)[O-])c1. The Morgan fingerprint density at radius 2 is 2.10 bits per heavy atom. The summed E-state index contributed by atoms with van der Waals surface area (Å²) in [6, 6.07) is 4.34. The number of benzene rings is 1. The number of morpholine rings is 1. The van der Waals surface area contributed by atoms with Crippen LogP contribution in [0.2, 0.25) is 0 Å². The average Bonchev–Trinajstić information content (AvgIpc) is 3.41. The third-order valence-corrected chi connectivity index (χ3v) is 5.14. The van der Waals surface area contributed by atoms with Crippen molar-refractivity contribution in [3.05, 3.63) is 64.5 Å². The number of nitrogens with zero attached hydrogens (tertiary/aromatic N) is 6. The molecule has 0 unspecified atom stereocenters. The zero-order valence-corrected chi connectivity index (χ0v) is 17.1. The van der Waals surface area contributed by atoms with Crippen molar-refractivity contribution in [2.24, 2.45) is 7.05 Å². The lowest BCUT2D eigenvalue weighted by molar-refractivity contribution is -0.383. The van der Waals surface area contributed by atoms with Gasteiger partial charge in [-0.25, -0.2) is 4.98 Å². The normalized spacial score (nSPS) is 14.5. The molecule has 1 aliphatic heterocycles. The summed E-state index contributed by atoms with van der Waals surface area (Å²) in [6.45, 7) is 4.86. The van der Waals surface area contributed by atoms with Crippen molar-refractivity contribution in [3.63, 3.8) is 0 Å². The van der Waals surface area contributed by atoms with Crippen LogP contribution in [0.4, 0.5) is 17.1 Å². The highest BCUT2D eigenvalue weighted by atomic mass is 16.6.